The van der Waals surface area contributed by atoms with E-state index in [1.54, 1.807) is 0 Å². The second-order valence-electron chi connectivity index (χ2n) is 5.78. The van der Waals surface area contributed by atoms with Crippen molar-refractivity contribution in [3.63, 3.8) is 0 Å². The lowest BCUT2D eigenvalue weighted by Gasteiger charge is -2.39. The van der Waals surface area contributed by atoms with Gasteiger partial charge in [0.2, 0.25) is 11.8 Å². The molecule has 0 aromatic heterocycles. The van der Waals surface area contributed by atoms with Gasteiger partial charge >= 0.3 is 0 Å². The predicted molar refractivity (Wildman–Crippen MR) is 77.3 cm³/mol. The van der Waals surface area contributed by atoms with Gasteiger partial charge in [-0.1, -0.05) is 33.6 Å². The third-order valence-corrected chi connectivity index (χ3v) is 5.23. The average Bonchev–Trinajstić information content (AvgIpc) is 2.61. The van der Waals surface area contributed by atoms with Gasteiger partial charge in [-0.3, -0.25) is 9.59 Å². The van der Waals surface area contributed by atoms with Crippen LogP contribution in [0.25, 0.3) is 0 Å². The third kappa shape index (κ3) is 1.98. The van der Waals surface area contributed by atoms with Crippen molar-refractivity contribution >= 4 is 29.1 Å². The van der Waals surface area contributed by atoms with Crippen LogP contribution in [0.2, 0.25) is 0 Å². The van der Waals surface area contributed by atoms with Gasteiger partial charge in [0.05, 0.1) is 0 Å². The molecule has 0 bridgehead atoms. The lowest BCUT2D eigenvalue weighted by molar-refractivity contribution is -0.149. The van der Waals surface area contributed by atoms with Crippen LogP contribution in [-0.2, 0) is 9.59 Å². The molecule has 0 aromatic carbocycles. The molecular weight excluding hydrogens is 260 g/mol. The van der Waals surface area contributed by atoms with E-state index in [1.807, 2.05) is 6.92 Å². The molecule has 106 valence electrons. The van der Waals surface area contributed by atoms with Crippen LogP contribution in [0.4, 0.5) is 0 Å². The highest BCUT2D eigenvalue weighted by Gasteiger charge is 2.63. The van der Waals surface area contributed by atoms with Crippen molar-refractivity contribution in [2.75, 3.05) is 0 Å². The van der Waals surface area contributed by atoms with E-state index in [2.05, 4.69) is 24.5 Å². The van der Waals surface area contributed by atoms with Crippen molar-refractivity contribution in [1.29, 1.82) is 0 Å². The first kappa shape index (κ1) is 14.4. The zero-order valence-corrected chi connectivity index (χ0v) is 12.6. The molecule has 1 heterocycles. The van der Waals surface area contributed by atoms with Crippen molar-refractivity contribution in [2.45, 2.75) is 46.5 Å². The second kappa shape index (κ2) is 5.19. The molecule has 1 aliphatic heterocycles. The Bertz CT molecular complexity index is 402. The van der Waals surface area contributed by atoms with Crippen LogP contribution in [-0.4, -0.2) is 16.9 Å². The van der Waals surface area contributed by atoms with Crippen LogP contribution in [0.15, 0.2) is 0 Å². The first-order valence-electron chi connectivity index (χ1n) is 7.15. The van der Waals surface area contributed by atoms with Gasteiger partial charge in [-0.05, 0) is 42.8 Å². The zero-order chi connectivity index (χ0) is 14.2. The van der Waals surface area contributed by atoms with E-state index in [0.29, 0.717) is 5.92 Å². The maximum atomic E-state index is 12.5. The molecule has 2 amide bonds. The van der Waals surface area contributed by atoms with Gasteiger partial charge in [0.25, 0.3) is 0 Å². The lowest BCUT2D eigenvalue weighted by atomic mass is 9.68. The Balaban J connectivity index is 2.43. The predicted octanol–water partition coefficient (Wildman–Crippen LogP) is 1.99. The standard InChI is InChI=1S/C14H22N2O2S/c1-4-6-10-7-9(5-2)8(3)14(10)11(17)15-13(19)16-12(14)18/h8-10H,4-7H2,1-3H3,(H2,15,16,17,18,19). The van der Waals surface area contributed by atoms with E-state index < -0.39 is 5.41 Å². The van der Waals surface area contributed by atoms with E-state index in [-0.39, 0.29) is 28.8 Å². The molecule has 1 saturated heterocycles. The number of amides is 2. The number of hydrogen-bond donors (Lipinski definition) is 2. The van der Waals surface area contributed by atoms with Crippen molar-refractivity contribution in [2.24, 2.45) is 23.2 Å². The summed E-state index contributed by atoms with van der Waals surface area (Å²) >= 11 is 4.91. The maximum absolute atomic E-state index is 12.5. The van der Waals surface area contributed by atoms with Gasteiger partial charge in [0, 0.05) is 0 Å². The summed E-state index contributed by atoms with van der Waals surface area (Å²) in [5.41, 5.74) is -0.918. The van der Waals surface area contributed by atoms with Crippen LogP contribution >= 0.6 is 12.2 Å². The Labute approximate surface area is 119 Å². The summed E-state index contributed by atoms with van der Waals surface area (Å²) in [4.78, 5) is 25.1. The molecule has 0 aromatic rings. The maximum Gasteiger partial charge on any atom is 0.242 e. The van der Waals surface area contributed by atoms with Gasteiger partial charge in [0.15, 0.2) is 5.11 Å². The molecule has 2 N–H and O–H groups in total. The molecule has 5 heteroatoms. The van der Waals surface area contributed by atoms with E-state index in [0.717, 1.165) is 25.7 Å². The van der Waals surface area contributed by atoms with Crippen molar-refractivity contribution in [1.82, 2.24) is 10.6 Å². The number of carbonyl (C=O) groups is 2. The van der Waals surface area contributed by atoms with Crippen LogP contribution in [0.3, 0.4) is 0 Å². The molecule has 4 nitrogen and oxygen atoms in total. The fraction of sp³-hybridized carbons (Fsp3) is 0.786. The molecule has 0 radical (unpaired) electrons. The lowest BCUT2D eigenvalue weighted by Crippen LogP contribution is -2.65. The smallest absolute Gasteiger partial charge is 0.242 e. The van der Waals surface area contributed by atoms with Gasteiger partial charge in [-0.15, -0.1) is 0 Å². The minimum Gasteiger partial charge on any atom is -0.302 e. The normalized spacial score (nSPS) is 33.4. The van der Waals surface area contributed by atoms with Gasteiger partial charge in [-0.2, -0.15) is 0 Å². The second-order valence-corrected chi connectivity index (χ2v) is 6.19. The summed E-state index contributed by atoms with van der Waals surface area (Å²) < 4.78 is 0. The number of nitrogens with one attached hydrogen (secondary N) is 2. The fourth-order valence-corrected chi connectivity index (χ4v) is 4.23. The summed E-state index contributed by atoms with van der Waals surface area (Å²) in [6.07, 6.45) is 3.86. The summed E-state index contributed by atoms with van der Waals surface area (Å²) in [6.45, 7) is 6.27. The summed E-state index contributed by atoms with van der Waals surface area (Å²) in [5.74, 6) is 0.240. The molecule has 2 aliphatic rings. The third-order valence-electron chi connectivity index (χ3n) is 5.02. The Kier molecular flexibility index (Phi) is 3.95. The molecule has 19 heavy (non-hydrogen) atoms. The Morgan fingerprint density at radius 2 is 1.84 bits per heavy atom. The van der Waals surface area contributed by atoms with E-state index in [9.17, 15) is 9.59 Å². The van der Waals surface area contributed by atoms with Gasteiger partial charge in [-0.25, -0.2) is 0 Å². The number of thiocarbonyl (C=S) groups is 1. The van der Waals surface area contributed by atoms with E-state index in [1.165, 1.54) is 0 Å². The molecule has 1 spiro atoms. The van der Waals surface area contributed by atoms with Crippen LogP contribution < -0.4 is 10.6 Å². The first-order chi connectivity index (χ1) is 8.98. The van der Waals surface area contributed by atoms with E-state index >= 15 is 0 Å². The molecule has 3 atom stereocenters. The molecule has 3 unspecified atom stereocenters. The Morgan fingerprint density at radius 3 is 2.32 bits per heavy atom. The molecule has 1 saturated carbocycles. The first-order valence-corrected chi connectivity index (χ1v) is 7.56. The molecular formula is C14H22N2O2S. The van der Waals surface area contributed by atoms with Crippen LogP contribution in [0, 0.1) is 23.2 Å². The quantitative estimate of drug-likeness (QED) is 0.615. The largest absolute Gasteiger partial charge is 0.302 e. The highest BCUT2D eigenvalue weighted by Crippen LogP contribution is 2.54. The van der Waals surface area contributed by atoms with Gasteiger partial charge in [0.1, 0.15) is 5.41 Å². The monoisotopic (exact) mass is 282 g/mol. The van der Waals surface area contributed by atoms with Gasteiger partial charge < -0.3 is 10.6 Å². The minimum atomic E-state index is -0.918. The summed E-state index contributed by atoms with van der Waals surface area (Å²) in [7, 11) is 0. The highest BCUT2D eigenvalue weighted by molar-refractivity contribution is 7.80. The topological polar surface area (TPSA) is 58.2 Å². The van der Waals surface area contributed by atoms with Crippen molar-refractivity contribution in [3.05, 3.63) is 0 Å². The van der Waals surface area contributed by atoms with E-state index in [4.69, 9.17) is 12.2 Å². The van der Waals surface area contributed by atoms with Crippen molar-refractivity contribution < 1.29 is 9.59 Å². The van der Waals surface area contributed by atoms with Crippen LogP contribution in [0.5, 0.6) is 0 Å². The Morgan fingerprint density at radius 1 is 1.26 bits per heavy atom. The summed E-state index contributed by atoms with van der Waals surface area (Å²) in [5, 5.41) is 5.47. The molecule has 2 fully saturated rings. The number of rotatable bonds is 3. The summed E-state index contributed by atoms with van der Waals surface area (Å²) in [6, 6.07) is 0. The Hall–Kier alpha value is -0.970. The zero-order valence-electron chi connectivity index (χ0n) is 11.8. The molecule has 2 rings (SSSR count). The minimum absolute atomic E-state index is 0.0668. The number of carbonyl (C=O) groups excluding carboxylic acids is 2. The SMILES string of the molecule is CCCC1CC(CC)C(C)C12C(=O)NC(=S)NC2=O. The van der Waals surface area contributed by atoms with Crippen LogP contribution in [0.1, 0.15) is 46.5 Å². The molecule has 1 aliphatic carbocycles. The average molecular weight is 282 g/mol. The fourth-order valence-electron chi connectivity index (χ4n) is 4.05. The van der Waals surface area contributed by atoms with Crippen molar-refractivity contribution in [3.8, 4) is 0 Å². The highest BCUT2D eigenvalue weighted by atomic mass is 32.1. The number of hydrogen-bond acceptors (Lipinski definition) is 3.